The van der Waals surface area contributed by atoms with E-state index in [1.54, 1.807) is 20.8 Å². The van der Waals surface area contributed by atoms with E-state index < -0.39 is 29.7 Å². The van der Waals surface area contributed by atoms with Crippen molar-refractivity contribution in [2.45, 2.75) is 71.6 Å². The van der Waals surface area contributed by atoms with Crippen LogP contribution < -0.4 is 5.32 Å². The molecule has 0 aromatic rings. The van der Waals surface area contributed by atoms with Crippen LogP contribution in [-0.2, 0) is 19.1 Å². The van der Waals surface area contributed by atoms with Crippen LogP contribution in [0.5, 0.6) is 0 Å². The van der Waals surface area contributed by atoms with Crippen molar-refractivity contribution >= 4 is 18.0 Å². The van der Waals surface area contributed by atoms with Crippen molar-refractivity contribution in [3.8, 4) is 0 Å². The first-order valence-corrected chi connectivity index (χ1v) is 9.12. The average Bonchev–Trinajstić information content (AvgIpc) is 2.99. The summed E-state index contributed by atoms with van der Waals surface area (Å²) in [7, 11) is 0. The molecule has 1 N–H and O–H groups in total. The quantitative estimate of drug-likeness (QED) is 0.552. The van der Waals surface area contributed by atoms with E-state index in [4.69, 9.17) is 9.47 Å². The van der Waals surface area contributed by atoms with Gasteiger partial charge in [-0.2, -0.15) is 0 Å². The molecular weight excluding hydrogens is 336 g/mol. The number of hydrogen-bond acceptors (Lipinski definition) is 5. The molecule has 7 nitrogen and oxygen atoms in total. The molecule has 1 aliphatic rings. The summed E-state index contributed by atoms with van der Waals surface area (Å²) in [5.74, 6) is -0.613. The van der Waals surface area contributed by atoms with Crippen molar-refractivity contribution in [3.63, 3.8) is 0 Å². The van der Waals surface area contributed by atoms with Crippen molar-refractivity contribution in [2.24, 2.45) is 5.92 Å². The van der Waals surface area contributed by atoms with Crippen molar-refractivity contribution in [1.82, 2.24) is 10.2 Å². The number of nitrogens with one attached hydrogen (secondary N) is 1. The predicted molar refractivity (Wildman–Crippen MR) is 98.5 cm³/mol. The van der Waals surface area contributed by atoms with Crippen LogP contribution >= 0.6 is 0 Å². The summed E-state index contributed by atoms with van der Waals surface area (Å²) in [4.78, 5) is 38.6. The number of esters is 1. The van der Waals surface area contributed by atoms with Crippen LogP contribution in [0.15, 0.2) is 12.7 Å². The molecule has 1 saturated heterocycles. The number of carbonyl (C=O) groups is 3. The minimum absolute atomic E-state index is 0.0948. The fourth-order valence-electron chi connectivity index (χ4n) is 2.80. The van der Waals surface area contributed by atoms with Crippen LogP contribution in [0.2, 0.25) is 0 Å². The number of ether oxygens (including phenoxy) is 2. The van der Waals surface area contributed by atoms with Crippen molar-refractivity contribution in [3.05, 3.63) is 12.7 Å². The van der Waals surface area contributed by atoms with Crippen molar-refractivity contribution < 1.29 is 23.9 Å². The second kappa shape index (κ2) is 9.59. The molecule has 0 radical (unpaired) electrons. The fourth-order valence-corrected chi connectivity index (χ4v) is 2.80. The lowest BCUT2D eigenvalue weighted by atomic mass is 10.0. The maximum absolute atomic E-state index is 12.7. The molecule has 148 valence electrons. The Bertz CT molecular complexity index is 525. The molecule has 1 aliphatic heterocycles. The van der Waals surface area contributed by atoms with Crippen LogP contribution in [0.4, 0.5) is 4.79 Å². The van der Waals surface area contributed by atoms with Gasteiger partial charge < -0.3 is 14.8 Å². The van der Waals surface area contributed by atoms with Gasteiger partial charge in [-0.05, 0) is 46.0 Å². The summed E-state index contributed by atoms with van der Waals surface area (Å²) in [6.07, 6.45) is 2.65. The van der Waals surface area contributed by atoms with E-state index in [0.29, 0.717) is 25.8 Å². The molecule has 0 aromatic carbocycles. The molecule has 0 bridgehead atoms. The van der Waals surface area contributed by atoms with Gasteiger partial charge in [-0.25, -0.2) is 9.59 Å². The SMILES string of the molecule is C=CCOC(=O)N1CCC[C@H]1C(=O)NC(CC(C)C)C(=O)OC(C)(C)C. The first kappa shape index (κ1) is 22.0. The molecule has 0 aliphatic carbocycles. The number of hydrogen-bond donors (Lipinski definition) is 1. The second-order valence-corrected chi connectivity index (χ2v) is 7.94. The molecule has 1 heterocycles. The van der Waals surface area contributed by atoms with Crippen molar-refractivity contribution in [2.75, 3.05) is 13.2 Å². The normalized spacial score (nSPS) is 18.4. The molecule has 1 fully saturated rings. The highest BCUT2D eigenvalue weighted by Gasteiger charge is 2.37. The molecule has 0 aromatic heterocycles. The standard InChI is InChI=1S/C19H32N2O5/c1-7-11-25-18(24)21-10-8-9-15(21)16(22)20-14(12-13(2)3)17(23)26-19(4,5)6/h7,13-15H,1,8-12H2,2-6H3,(H,20,22)/t14?,15-/m0/s1. The molecule has 26 heavy (non-hydrogen) atoms. The molecule has 1 unspecified atom stereocenters. The molecule has 2 atom stereocenters. The molecule has 0 spiro atoms. The lowest BCUT2D eigenvalue weighted by Crippen LogP contribution is -2.52. The summed E-state index contributed by atoms with van der Waals surface area (Å²) in [5, 5.41) is 2.77. The van der Waals surface area contributed by atoms with Crippen LogP contribution in [0, 0.1) is 5.92 Å². The third kappa shape index (κ3) is 7.06. The number of carbonyl (C=O) groups excluding carboxylic acids is 3. The number of likely N-dealkylation sites (tertiary alicyclic amines) is 1. The topological polar surface area (TPSA) is 84.9 Å². The molecule has 2 amide bonds. The zero-order valence-electron chi connectivity index (χ0n) is 16.5. The number of rotatable bonds is 7. The Morgan fingerprint density at radius 1 is 1.31 bits per heavy atom. The van der Waals surface area contributed by atoms with E-state index in [0.717, 1.165) is 0 Å². The van der Waals surface area contributed by atoms with E-state index in [9.17, 15) is 14.4 Å². The summed E-state index contributed by atoms with van der Waals surface area (Å²) >= 11 is 0. The van der Waals surface area contributed by atoms with E-state index >= 15 is 0 Å². The highest BCUT2D eigenvalue weighted by molar-refractivity contribution is 5.90. The van der Waals surface area contributed by atoms with Gasteiger partial charge in [0.25, 0.3) is 0 Å². The van der Waals surface area contributed by atoms with E-state index in [2.05, 4.69) is 11.9 Å². The number of nitrogens with zero attached hydrogens (tertiary/aromatic N) is 1. The van der Waals surface area contributed by atoms with Gasteiger partial charge in [0.2, 0.25) is 5.91 Å². The van der Waals surface area contributed by atoms with Gasteiger partial charge in [0.05, 0.1) is 0 Å². The lowest BCUT2D eigenvalue weighted by Gasteiger charge is -2.28. The third-order valence-corrected chi connectivity index (χ3v) is 3.83. The maximum Gasteiger partial charge on any atom is 0.410 e. The van der Waals surface area contributed by atoms with Gasteiger partial charge >= 0.3 is 12.1 Å². The van der Waals surface area contributed by atoms with Gasteiger partial charge in [-0.3, -0.25) is 9.69 Å². The van der Waals surface area contributed by atoms with Crippen LogP contribution in [0.25, 0.3) is 0 Å². The minimum Gasteiger partial charge on any atom is -0.458 e. The van der Waals surface area contributed by atoms with E-state index in [1.807, 2.05) is 13.8 Å². The van der Waals surface area contributed by atoms with Crippen LogP contribution in [0.3, 0.4) is 0 Å². The van der Waals surface area contributed by atoms with Gasteiger partial charge in [0.1, 0.15) is 24.3 Å². The zero-order chi connectivity index (χ0) is 19.9. The zero-order valence-corrected chi connectivity index (χ0v) is 16.5. The predicted octanol–water partition coefficient (Wildman–Crippen LogP) is 2.65. The summed E-state index contributed by atoms with van der Waals surface area (Å²) in [5.41, 5.74) is -0.634. The maximum atomic E-state index is 12.7. The van der Waals surface area contributed by atoms with Crippen LogP contribution in [0.1, 0.15) is 53.9 Å². The first-order chi connectivity index (χ1) is 12.0. The molecule has 1 rings (SSSR count). The Hall–Kier alpha value is -2.05. The molecule has 0 saturated carbocycles. The van der Waals surface area contributed by atoms with Crippen LogP contribution in [-0.4, -0.2) is 53.7 Å². The molecular formula is C19H32N2O5. The Kier molecular flexibility index (Phi) is 8.11. The largest absolute Gasteiger partial charge is 0.458 e. The summed E-state index contributed by atoms with van der Waals surface area (Å²) < 4.78 is 10.5. The highest BCUT2D eigenvalue weighted by Crippen LogP contribution is 2.20. The van der Waals surface area contributed by atoms with E-state index in [1.165, 1.54) is 11.0 Å². The van der Waals surface area contributed by atoms with Gasteiger partial charge in [-0.1, -0.05) is 26.5 Å². The van der Waals surface area contributed by atoms with Crippen molar-refractivity contribution in [1.29, 1.82) is 0 Å². The summed E-state index contributed by atoms with van der Waals surface area (Å²) in [6.45, 7) is 13.3. The Labute approximate surface area is 156 Å². The Morgan fingerprint density at radius 2 is 1.96 bits per heavy atom. The Balaban J connectivity index is 2.79. The monoisotopic (exact) mass is 368 g/mol. The minimum atomic E-state index is -0.742. The average molecular weight is 368 g/mol. The van der Waals surface area contributed by atoms with E-state index in [-0.39, 0.29) is 18.4 Å². The Morgan fingerprint density at radius 3 is 2.50 bits per heavy atom. The van der Waals surface area contributed by atoms with Gasteiger partial charge in [-0.15, -0.1) is 0 Å². The third-order valence-electron chi connectivity index (χ3n) is 3.83. The lowest BCUT2D eigenvalue weighted by molar-refractivity contribution is -0.159. The fraction of sp³-hybridized carbons (Fsp3) is 0.737. The smallest absolute Gasteiger partial charge is 0.410 e. The number of amides is 2. The summed E-state index contributed by atoms with van der Waals surface area (Å²) in [6, 6.07) is -1.38. The molecule has 7 heteroatoms. The highest BCUT2D eigenvalue weighted by atomic mass is 16.6. The van der Waals surface area contributed by atoms with Gasteiger partial charge in [0.15, 0.2) is 0 Å². The van der Waals surface area contributed by atoms with Gasteiger partial charge in [0, 0.05) is 6.54 Å². The second-order valence-electron chi connectivity index (χ2n) is 7.94. The first-order valence-electron chi connectivity index (χ1n) is 9.12.